The number of carbonyl (C=O) groups is 1. The van der Waals surface area contributed by atoms with Gasteiger partial charge >= 0.3 is 5.97 Å². The zero-order valence-corrected chi connectivity index (χ0v) is 12.9. The molecule has 2 fully saturated rings. The first-order valence-corrected chi connectivity index (χ1v) is 7.73. The van der Waals surface area contributed by atoms with Gasteiger partial charge in [-0.1, -0.05) is 6.92 Å². The second kappa shape index (κ2) is 6.41. The molecule has 4 unspecified atom stereocenters. The average molecular weight is 284 g/mol. The summed E-state index contributed by atoms with van der Waals surface area (Å²) in [6, 6.07) is 0.384. The summed E-state index contributed by atoms with van der Waals surface area (Å²) in [7, 11) is 1.78. The molecule has 20 heavy (non-hydrogen) atoms. The van der Waals surface area contributed by atoms with Gasteiger partial charge in [0.15, 0.2) is 0 Å². The van der Waals surface area contributed by atoms with E-state index in [1.807, 2.05) is 6.92 Å². The number of hydrogen-bond donors (Lipinski definition) is 1. The van der Waals surface area contributed by atoms with E-state index in [1.54, 1.807) is 7.11 Å². The van der Waals surface area contributed by atoms with Crippen molar-refractivity contribution in [3.05, 3.63) is 0 Å². The van der Waals surface area contributed by atoms with E-state index in [-0.39, 0.29) is 5.97 Å². The number of esters is 1. The lowest BCUT2D eigenvalue weighted by Crippen LogP contribution is -2.51. The maximum atomic E-state index is 12.0. The molecule has 0 amide bonds. The Morgan fingerprint density at radius 1 is 1.45 bits per heavy atom. The highest BCUT2D eigenvalue weighted by atomic mass is 16.5. The van der Waals surface area contributed by atoms with Gasteiger partial charge in [-0.3, -0.25) is 9.69 Å². The van der Waals surface area contributed by atoms with Crippen LogP contribution in [0.2, 0.25) is 0 Å². The van der Waals surface area contributed by atoms with E-state index in [1.165, 1.54) is 0 Å². The smallest absolute Gasteiger partial charge is 0.326 e. The summed E-state index contributed by atoms with van der Waals surface area (Å²) in [5, 5.41) is 0. The number of nitrogens with zero attached hydrogens (tertiary/aromatic N) is 1. The van der Waals surface area contributed by atoms with Crippen LogP contribution in [0.1, 0.15) is 39.5 Å². The first-order chi connectivity index (χ1) is 9.50. The Kier molecular flexibility index (Phi) is 5.04. The molecule has 5 nitrogen and oxygen atoms in total. The van der Waals surface area contributed by atoms with Crippen LogP contribution < -0.4 is 5.73 Å². The van der Waals surface area contributed by atoms with Gasteiger partial charge in [-0.25, -0.2) is 0 Å². The monoisotopic (exact) mass is 284 g/mol. The summed E-state index contributed by atoms with van der Waals surface area (Å²) in [6.07, 6.45) is 3.84. The van der Waals surface area contributed by atoms with Gasteiger partial charge in [0.1, 0.15) is 5.54 Å². The van der Waals surface area contributed by atoms with E-state index in [0.29, 0.717) is 31.1 Å². The molecular formula is C15H28N2O3. The van der Waals surface area contributed by atoms with Crippen LogP contribution in [-0.4, -0.2) is 55.4 Å². The van der Waals surface area contributed by atoms with Gasteiger partial charge < -0.3 is 15.2 Å². The van der Waals surface area contributed by atoms with E-state index in [2.05, 4.69) is 11.8 Å². The molecular weight excluding hydrogens is 256 g/mol. The SMILES string of the molecule is CCOC(=O)C1(N)CCC(N2CCC(C)C(OC)C2)C1. The third-order valence-corrected chi connectivity index (χ3v) is 4.95. The summed E-state index contributed by atoms with van der Waals surface area (Å²) in [5.41, 5.74) is 5.46. The fraction of sp³-hybridized carbons (Fsp3) is 0.933. The molecule has 1 saturated heterocycles. The highest BCUT2D eigenvalue weighted by Crippen LogP contribution is 2.34. The van der Waals surface area contributed by atoms with E-state index in [0.717, 1.165) is 32.4 Å². The largest absolute Gasteiger partial charge is 0.465 e. The van der Waals surface area contributed by atoms with Crippen LogP contribution in [0.5, 0.6) is 0 Å². The van der Waals surface area contributed by atoms with Crippen LogP contribution in [-0.2, 0) is 14.3 Å². The molecule has 0 aromatic heterocycles. The normalized spacial score (nSPS) is 38.9. The first-order valence-electron chi connectivity index (χ1n) is 7.73. The van der Waals surface area contributed by atoms with Gasteiger partial charge in [0.2, 0.25) is 0 Å². The van der Waals surface area contributed by atoms with E-state index < -0.39 is 5.54 Å². The summed E-state index contributed by atoms with van der Waals surface area (Å²) in [5.74, 6) is 0.363. The Labute approximate surface area is 121 Å². The standard InChI is InChI=1S/C15H28N2O3/c1-4-20-14(18)15(16)7-5-12(9-15)17-8-6-11(2)13(10-17)19-3/h11-13H,4-10,16H2,1-3H3. The van der Waals surface area contributed by atoms with Crippen molar-refractivity contribution in [1.29, 1.82) is 0 Å². The number of nitrogens with two attached hydrogens (primary N) is 1. The zero-order valence-electron chi connectivity index (χ0n) is 12.9. The summed E-state index contributed by atoms with van der Waals surface area (Å²) in [6.45, 7) is 6.48. The number of methoxy groups -OCH3 is 1. The van der Waals surface area contributed by atoms with Crippen molar-refractivity contribution in [2.24, 2.45) is 11.7 Å². The molecule has 0 aromatic carbocycles. The van der Waals surface area contributed by atoms with Crippen molar-refractivity contribution in [1.82, 2.24) is 4.90 Å². The highest BCUT2D eigenvalue weighted by Gasteiger charge is 2.45. The van der Waals surface area contributed by atoms with Gasteiger partial charge in [-0.05, 0) is 45.1 Å². The first kappa shape index (κ1) is 15.7. The van der Waals surface area contributed by atoms with Crippen LogP contribution in [0.25, 0.3) is 0 Å². The molecule has 116 valence electrons. The van der Waals surface area contributed by atoms with E-state index >= 15 is 0 Å². The summed E-state index contributed by atoms with van der Waals surface area (Å²) < 4.78 is 10.7. The van der Waals surface area contributed by atoms with Crippen LogP contribution in [0, 0.1) is 5.92 Å². The predicted octanol–water partition coefficient (Wildman–Crippen LogP) is 1.16. The second-order valence-electron chi connectivity index (χ2n) is 6.31. The quantitative estimate of drug-likeness (QED) is 0.785. The van der Waals surface area contributed by atoms with Gasteiger partial charge in [0.05, 0.1) is 12.7 Å². The molecule has 1 aliphatic carbocycles. The molecule has 0 bridgehead atoms. The highest BCUT2D eigenvalue weighted by molar-refractivity contribution is 5.81. The predicted molar refractivity (Wildman–Crippen MR) is 77.3 cm³/mol. The molecule has 5 heteroatoms. The lowest BCUT2D eigenvalue weighted by atomic mass is 9.93. The number of carbonyl (C=O) groups excluding carboxylic acids is 1. The van der Waals surface area contributed by atoms with E-state index in [4.69, 9.17) is 15.2 Å². The number of hydrogen-bond acceptors (Lipinski definition) is 5. The summed E-state index contributed by atoms with van der Waals surface area (Å²) in [4.78, 5) is 14.4. The molecule has 2 aliphatic rings. The van der Waals surface area contributed by atoms with Crippen LogP contribution >= 0.6 is 0 Å². The van der Waals surface area contributed by atoms with Crippen molar-refractivity contribution >= 4 is 5.97 Å². The van der Waals surface area contributed by atoms with Gasteiger partial charge in [0, 0.05) is 19.7 Å². The minimum absolute atomic E-state index is 0.240. The molecule has 0 spiro atoms. The Morgan fingerprint density at radius 3 is 2.85 bits per heavy atom. The van der Waals surface area contributed by atoms with Gasteiger partial charge in [-0.2, -0.15) is 0 Å². The molecule has 4 atom stereocenters. The Bertz CT molecular complexity index is 350. The number of likely N-dealkylation sites (tertiary alicyclic amines) is 1. The fourth-order valence-corrected chi connectivity index (χ4v) is 3.52. The number of rotatable bonds is 4. The third-order valence-electron chi connectivity index (χ3n) is 4.95. The lowest BCUT2D eigenvalue weighted by Gasteiger charge is -2.39. The lowest BCUT2D eigenvalue weighted by molar-refractivity contribution is -0.149. The topological polar surface area (TPSA) is 64.8 Å². The van der Waals surface area contributed by atoms with Crippen LogP contribution in [0.15, 0.2) is 0 Å². The molecule has 0 aromatic rings. The van der Waals surface area contributed by atoms with Crippen LogP contribution in [0.4, 0.5) is 0 Å². The van der Waals surface area contributed by atoms with Crippen molar-refractivity contribution < 1.29 is 14.3 Å². The number of piperidine rings is 1. The van der Waals surface area contributed by atoms with Crippen molar-refractivity contribution in [3.63, 3.8) is 0 Å². The maximum absolute atomic E-state index is 12.0. The van der Waals surface area contributed by atoms with Gasteiger partial charge in [0.25, 0.3) is 0 Å². The molecule has 0 radical (unpaired) electrons. The van der Waals surface area contributed by atoms with Gasteiger partial charge in [-0.15, -0.1) is 0 Å². The Hall–Kier alpha value is -0.650. The second-order valence-corrected chi connectivity index (χ2v) is 6.31. The third kappa shape index (κ3) is 3.15. The molecule has 1 aliphatic heterocycles. The number of ether oxygens (including phenoxy) is 2. The molecule has 2 N–H and O–H groups in total. The Balaban J connectivity index is 1.94. The fourth-order valence-electron chi connectivity index (χ4n) is 3.52. The van der Waals surface area contributed by atoms with E-state index in [9.17, 15) is 4.79 Å². The average Bonchev–Trinajstić information content (AvgIpc) is 2.84. The van der Waals surface area contributed by atoms with Crippen molar-refractivity contribution in [2.45, 2.75) is 57.2 Å². The minimum Gasteiger partial charge on any atom is -0.465 e. The maximum Gasteiger partial charge on any atom is 0.326 e. The zero-order chi connectivity index (χ0) is 14.8. The van der Waals surface area contributed by atoms with Crippen LogP contribution in [0.3, 0.4) is 0 Å². The minimum atomic E-state index is -0.785. The Morgan fingerprint density at radius 2 is 2.20 bits per heavy atom. The molecule has 1 saturated carbocycles. The molecule has 1 heterocycles. The molecule has 2 rings (SSSR count). The van der Waals surface area contributed by atoms with Crippen molar-refractivity contribution in [3.8, 4) is 0 Å². The summed E-state index contributed by atoms with van der Waals surface area (Å²) >= 11 is 0. The van der Waals surface area contributed by atoms with Crippen molar-refractivity contribution in [2.75, 3.05) is 26.8 Å².